The van der Waals surface area contributed by atoms with E-state index in [4.69, 9.17) is 27.9 Å². The third-order valence-electron chi connectivity index (χ3n) is 5.72. The third-order valence-corrected chi connectivity index (χ3v) is 7.43. The minimum atomic E-state index is -4.54. The molecule has 0 unspecified atom stereocenters. The van der Waals surface area contributed by atoms with Crippen molar-refractivity contribution < 1.29 is 27.6 Å². The Balaban J connectivity index is 1.81. The Kier molecular flexibility index (Phi) is 7.89. The van der Waals surface area contributed by atoms with Crippen LogP contribution >= 0.6 is 23.2 Å². The van der Waals surface area contributed by atoms with Gasteiger partial charge in [-0.15, -0.1) is 5.11 Å². The number of rotatable bonds is 7. The van der Waals surface area contributed by atoms with E-state index in [-0.39, 0.29) is 32.7 Å². The zero-order valence-corrected chi connectivity index (χ0v) is 22.4. The molecule has 4 rings (SSSR count). The van der Waals surface area contributed by atoms with Crippen molar-refractivity contribution in [3.05, 3.63) is 81.8 Å². The molecule has 0 atom stereocenters. The van der Waals surface area contributed by atoms with Crippen molar-refractivity contribution in [3.63, 3.8) is 0 Å². The fourth-order valence-electron chi connectivity index (χ4n) is 3.81. The molecule has 38 heavy (non-hydrogen) atoms. The minimum absolute atomic E-state index is 0.0158. The molecule has 3 N–H and O–H groups in total. The minimum Gasteiger partial charge on any atom is -0.505 e. The first-order valence-corrected chi connectivity index (χ1v) is 13.3. The van der Waals surface area contributed by atoms with E-state index in [1.807, 2.05) is 0 Å². The first-order chi connectivity index (χ1) is 18.0. The lowest BCUT2D eigenvalue weighted by atomic mass is 10.0. The number of hydrogen-bond acceptors (Lipinski definition) is 7. The van der Waals surface area contributed by atoms with Crippen molar-refractivity contribution in [1.29, 1.82) is 0 Å². The number of ether oxygens (including phenoxy) is 1. The Bertz CT molecular complexity index is 1710. The summed E-state index contributed by atoms with van der Waals surface area (Å²) in [7, 11) is -3.09. The Morgan fingerprint density at radius 1 is 1.05 bits per heavy atom. The number of phenolic OH excluding ortho intramolecular Hbond substituents is 1. The molecule has 4 aromatic rings. The molecule has 0 aromatic heterocycles. The summed E-state index contributed by atoms with van der Waals surface area (Å²) in [6.07, 6.45) is 0.352. The van der Waals surface area contributed by atoms with E-state index < -0.39 is 26.7 Å². The number of fused-ring (bicyclic) bond motifs is 1. The highest BCUT2D eigenvalue weighted by atomic mass is 35.5. The lowest BCUT2D eigenvalue weighted by Crippen LogP contribution is -2.12. The van der Waals surface area contributed by atoms with Gasteiger partial charge in [0.1, 0.15) is 21.4 Å². The molecular weight excluding hydrogens is 553 g/mol. The lowest BCUT2D eigenvalue weighted by molar-refractivity contribution is 0.102. The molecule has 4 aromatic carbocycles. The number of nitrogens with one attached hydrogen (secondary N) is 1. The van der Waals surface area contributed by atoms with E-state index in [2.05, 4.69) is 15.5 Å². The van der Waals surface area contributed by atoms with Gasteiger partial charge in [-0.3, -0.25) is 9.35 Å². The fraction of sp³-hybridized carbons (Fsp3) is 0.115. The first kappa shape index (κ1) is 27.3. The van der Waals surface area contributed by atoms with E-state index in [0.29, 0.717) is 28.5 Å². The van der Waals surface area contributed by atoms with E-state index in [9.17, 15) is 22.9 Å². The summed E-state index contributed by atoms with van der Waals surface area (Å²) in [5, 5.41) is 23.3. The van der Waals surface area contributed by atoms with Crippen molar-refractivity contribution in [2.75, 3.05) is 12.4 Å². The highest BCUT2D eigenvalue weighted by molar-refractivity contribution is 7.86. The maximum atomic E-state index is 13.2. The predicted octanol–water partition coefficient (Wildman–Crippen LogP) is 7.34. The number of nitrogens with zero attached hydrogens (tertiary/aromatic N) is 2. The van der Waals surface area contributed by atoms with Gasteiger partial charge in [0, 0.05) is 5.39 Å². The Hall–Kier alpha value is -3.70. The van der Waals surface area contributed by atoms with Crippen LogP contribution in [-0.2, 0) is 16.5 Å². The van der Waals surface area contributed by atoms with Crippen LogP contribution in [0, 0.1) is 0 Å². The topological polar surface area (TPSA) is 138 Å². The van der Waals surface area contributed by atoms with Gasteiger partial charge in [-0.05, 0) is 47.7 Å². The number of aromatic hydroxyl groups is 1. The quantitative estimate of drug-likeness (QED) is 0.156. The fourth-order valence-corrected chi connectivity index (χ4v) is 5.11. The van der Waals surface area contributed by atoms with Gasteiger partial charge in [0.05, 0.1) is 29.1 Å². The monoisotopic (exact) mass is 573 g/mol. The summed E-state index contributed by atoms with van der Waals surface area (Å²) in [6.45, 7) is 1.76. The van der Waals surface area contributed by atoms with Crippen LogP contribution < -0.4 is 10.1 Å². The second kappa shape index (κ2) is 11.0. The van der Waals surface area contributed by atoms with Crippen LogP contribution in [0.15, 0.2) is 75.8 Å². The molecule has 196 valence electrons. The van der Waals surface area contributed by atoms with Crippen molar-refractivity contribution in [2.45, 2.75) is 18.2 Å². The molecule has 0 aliphatic heterocycles. The van der Waals surface area contributed by atoms with Gasteiger partial charge in [-0.2, -0.15) is 13.5 Å². The standard InChI is InChI=1S/C26H21Cl2N3O6S/c1-3-14-12-22(38(34,35)36)18(27)13-20(14)30-31-24-16-8-5-4-7-15(16)11-17(25(24)32)26(33)29-19-9-6-10-21(37-2)23(19)28/h4-13,32H,3H2,1-2H3,(H,29,33)(H,34,35,36). The first-order valence-electron chi connectivity index (χ1n) is 11.1. The molecular formula is C26H21Cl2N3O6S. The van der Waals surface area contributed by atoms with E-state index in [1.54, 1.807) is 49.4 Å². The Morgan fingerprint density at radius 3 is 2.47 bits per heavy atom. The van der Waals surface area contributed by atoms with Crippen LogP contribution in [0.3, 0.4) is 0 Å². The maximum Gasteiger partial charge on any atom is 0.296 e. The summed E-state index contributed by atoms with van der Waals surface area (Å²) in [5.74, 6) is -0.704. The molecule has 0 radical (unpaired) electrons. The average molecular weight is 574 g/mol. The van der Waals surface area contributed by atoms with Gasteiger partial charge in [-0.1, -0.05) is 60.5 Å². The molecule has 0 saturated carbocycles. The highest BCUT2D eigenvalue weighted by Gasteiger charge is 2.21. The average Bonchev–Trinajstić information content (AvgIpc) is 2.88. The summed E-state index contributed by atoms with van der Waals surface area (Å²) in [6, 6.07) is 15.8. The van der Waals surface area contributed by atoms with E-state index in [1.165, 1.54) is 25.3 Å². The number of benzene rings is 4. The van der Waals surface area contributed by atoms with Crippen LogP contribution in [0.1, 0.15) is 22.8 Å². The third kappa shape index (κ3) is 5.44. The summed E-state index contributed by atoms with van der Waals surface area (Å²) in [5.41, 5.74) is 0.893. The van der Waals surface area contributed by atoms with Gasteiger partial charge < -0.3 is 15.2 Å². The molecule has 0 aliphatic rings. The number of azo groups is 1. The highest BCUT2D eigenvalue weighted by Crippen LogP contribution is 2.41. The molecule has 12 heteroatoms. The Morgan fingerprint density at radius 2 is 1.79 bits per heavy atom. The zero-order valence-electron chi connectivity index (χ0n) is 20.1. The molecule has 1 amide bonds. The SMILES string of the molecule is CCc1cc(S(=O)(=O)O)c(Cl)cc1N=Nc1c(O)c(C(=O)Nc2cccc(OC)c2Cl)cc2ccccc12. The largest absolute Gasteiger partial charge is 0.505 e. The number of halogens is 2. The maximum absolute atomic E-state index is 13.2. The molecule has 0 spiro atoms. The number of methoxy groups -OCH3 is 1. The van der Waals surface area contributed by atoms with Gasteiger partial charge in [0.25, 0.3) is 16.0 Å². The van der Waals surface area contributed by atoms with Crippen molar-refractivity contribution in [1.82, 2.24) is 0 Å². The number of phenols is 1. The number of anilines is 1. The zero-order chi connectivity index (χ0) is 27.6. The number of carbonyl (C=O) groups excluding carboxylic acids is 1. The van der Waals surface area contributed by atoms with Crippen LogP contribution in [0.25, 0.3) is 10.8 Å². The molecule has 0 fully saturated rings. The second-order valence-electron chi connectivity index (χ2n) is 8.06. The number of hydrogen-bond donors (Lipinski definition) is 3. The number of aryl methyl sites for hydroxylation is 1. The summed E-state index contributed by atoms with van der Waals surface area (Å²) < 4.78 is 37.9. The van der Waals surface area contributed by atoms with Gasteiger partial charge >= 0.3 is 0 Å². The van der Waals surface area contributed by atoms with Gasteiger partial charge in [0.15, 0.2) is 5.75 Å². The smallest absolute Gasteiger partial charge is 0.296 e. The summed E-state index contributed by atoms with van der Waals surface area (Å²) in [4.78, 5) is 12.7. The van der Waals surface area contributed by atoms with E-state index in [0.717, 1.165) is 0 Å². The van der Waals surface area contributed by atoms with Crippen LogP contribution in [0.2, 0.25) is 10.0 Å². The van der Waals surface area contributed by atoms with Crippen molar-refractivity contribution >= 4 is 67.1 Å². The van der Waals surface area contributed by atoms with Crippen LogP contribution in [-0.4, -0.2) is 31.1 Å². The van der Waals surface area contributed by atoms with Crippen molar-refractivity contribution in [2.24, 2.45) is 10.2 Å². The number of carbonyl (C=O) groups is 1. The van der Waals surface area contributed by atoms with Crippen molar-refractivity contribution in [3.8, 4) is 11.5 Å². The predicted molar refractivity (Wildman–Crippen MR) is 146 cm³/mol. The molecule has 0 aliphatic carbocycles. The molecule has 0 heterocycles. The normalized spacial score (nSPS) is 11.7. The summed E-state index contributed by atoms with van der Waals surface area (Å²) >= 11 is 12.4. The molecule has 0 bridgehead atoms. The Labute approximate surface area is 228 Å². The van der Waals surface area contributed by atoms with Crippen LogP contribution in [0.4, 0.5) is 17.1 Å². The van der Waals surface area contributed by atoms with Gasteiger partial charge in [-0.25, -0.2) is 0 Å². The molecule has 9 nitrogen and oxygen atoms in total. The number of amides is 1. The van der Waals surface area contributed by atoms with Gasteiger partial charge in [0.2, 0.25) is 0 Å². The second-order valence-corrected chi connectivity index (χ2v) is 10.2. The lowest BCUT2D eigenvalue weighted by Gasteiger charge is -2.13. The van der Waals surface area contributed by atoms with E-state index >= 15 is 0 Å². The van der Waals surface area contributed by atoms with Crippen LogP contribution in [0.5, 0.6) is 11.5 Å². The molecule has 0 saturated heterocycles.